The number of aromatic nitrogens is 2. The Balaban J connectivity index is 1.33. The molecule has 0 unspecified atom stereocenters. The predicted octanol–water partition coefficient (Wildman–Crippen LogP) is 1.29. The first-order chi connectivity index (χ1) is 14.0. The molecule has 1 aliphatic rings. The fourth-order valence-electron chi connectivity index (χ4n) is 2.91. The molecule has 2 N–H and O–H groups in total. The van der Waals surface area contributed by atoms with Crippen molar-refractivity contribution in [2.75, 3.05) is 25.1 Å². The zero-order chi connectivity index (χ0) is 20.4. The van der Waals surface area contributed by atoms with Crippen LogP contribution in [-0.4, -0.2) is 41.1 Å². The van der Waals surface area contributed by atoms with Crippen molar-refractivity contribution in [3.05, 3.63) is 45.8 Å². The van der Waals surface area contributed by atoms with Crippen LogP contribution in [0.3, 0.4) is 0 Å². The van der Waals surface area contributed by atoms with Gasteiger partial charge in [0.1, 0.15) is 24.6 Å². The molecule has 0 aliphatic carbocycles. The Morgan fingerprint density at radius 2 is 1.97 bits per heavy atom. The minimum absolute atomic E-state index is 0.214. The van der Waals surface area contributed by atoms with E-state index >= 15 is 0 Å². The lowest BCUT2D eigenvalue weighted by molar-refractivity contribution is -0.124. The number of benzene rings is 1. The lowest BCUT2D eigenvalue weighted by Crippen LogP contribution is -2.37. The van der Waals surface area contributed by atoms with Gasteiger partial charge in [0.15, 0.2) is 11.5 Å². The highest BCUT2D eigenvalue weighted by Gasteiger charge is 2.14. The molecule has 4 rings (SSSR count). The summed E-state index contributed by atoms with van der Waals surface area (Å²) in [5, 5.41) is 5.67. The van der Waals surface area contributed by atoms with E-state index in [-0.39, 0.29) is 18.6 Å². The van der Waals surface area contributed by atoms with Gasteiger partial charge in [-0.05, 0) is 25.1 Å². The van der Waals surface area contributed by atoms with E-state index < -0.39 is 11.8 Å². The molecule has 2 amide bonds. The van der Waals surface area contributed by atoms with Crippen molar-refractivity contribution in [1.29, 1.82) is 0 Å². The first kappa shape index (κ1) is 18.9. The van der Waals surface area contributed by atoms with Gasteiger partial charge in [-0.3, -0.25) is 19.0 Å². The van der Waals surface area contributed by atoms with Crippen molar-refractivity contribution in [2.45, 2.75) is 13.5 Å². The average molecular weight is 414 g/mol. The lowest BCUT2D eigenvalue weighted by atomic mass is 10.2. The van der Waals surface area contributed by atoms with Gasteiger partial charge >= 0.3 is 0 Å². The van der Waals surface area contributed by atoms with Crippen LogP contribution >= 0.6 is 11.3 Å². The Kier molecular flexibility index (Phi) is 5.17. The fourth-order valence-corrected chi connectivity index (χ4v) is 3.75. The highest BCUT2D eigenvalue weighted by atomic mass is 32.1. The maximum absolute atomic E-state index is 12.4. The summed E-state index contributed by atoms with van der Waals surface area (Å²) < 4.78 is 12.1. The molecule has 0 saturated carbocycles. The molecule has 0 saturated heterocycles. The van der Waals surface area contributed by atoms with Crippen molar-refractivity contribution in [2.24, 2.45) is 0 Å². The number of anilines is 1. The van der Waals surface area contributed by atoms with Crippen molar-refractivity contribution in [3.8, 4) is 11.5 Å². The van der Waals surface area contributed by atoms with E-state index in [1.807, 2.05) is 6.92 Å². The molecule has 1 aromatic carbocycles. The van der Waals surface area contributed by atoms with E-state index in [0.717, 1.165) is 4.88 Å². The molecule has 0 atom stereocenters. The van der Waals surface area contributed by atoms with E-state index in [2.05, 4.69) is 15.6 Å². The summed E-state index contributed by atoms with van der Waals surface area (Å²) in [5.41, 5.74) is 0.252. The number of carbonyl (C=O) groups excluding carboxylic acids is 2. The largest absolute Gasteiger partial charge is 0.486 e. The van der Waals surface area contributed by atoms with Crippen molar-refractivity contribution >= 4 is 39.1 Å². The molecule has 29 heavy (non-hydrogen) atoms. The van der Waals surface area contributed by atoms with Gasteiger partial charge in [0.25, 0.3) is 5.56 Å². The second-order valence-corrected chi connectivity index (χ2v) is 7.67. The summed E-state index contributed by atoms with van der Waals surface area (Å²) in [7, 11) is 0. The van der Waals surface area contributed by atoms with Crippen molar-refractivity contribution < 1.29 is 19.1 Å². The SMILES string of the molecule is Cc1cc2c(=O)n(CC(=O)NCC(=O)Nc3ccc4c(c3)OCCO4)cnc2s1. The monoisotopic (exact) mass is 414 g/mol. The number of aryl methyl sites for hydroxylation is 1. The number of rotatable bonds is 5. The predicted molar refractivity (Wildman–Crippen MR) is 108 cm³/mol. The third kappa shape index (κ3) is 4.21. The molecule has 3 heterocycles. The molecule has 3 aromatic rings. The highest BCUT2D eigenvalue weighted by molar-refractivity contribution is 7.18. The van der Waals surface area contributed by atoms with Gasteiger partial charge < -0.3 is 20.1 Å². The number of nitrogens with one attached hydrogen (secondary N) is 2. The number of carbonyl (C=O) groups is 2. The minimum atomic E-state index is -0.461. The standard InChI is InChI=1S/C19H18N4O5S/c1-11-6-13-18(29-11)21-10-23(19(13)26)9-17(25)20-8-16(24)22-12-2-3-14-15(7-12)28-5-4-27-14/h2-3,6-7,10H,4-5,8-9H2,1H3,(H,20,25)(H,22,24). The Labute approximate surface area is 169 Å². The summed E-state index contributed by atoms with van der Waals surface area (Å²) in [6.07, 6.45) is 1.34. The Bertz CT molecular complexity index is 1150. The van der Waals surface area contributed by atoms with E-state index in [1.165, 1.54) is 22.2 Å². The van der Waals surface area contributed by atoms with Crippen LogP contribution in [0, 0.1) is 6.92 Å². The molecule has 0 spiro atoms. The number of fused-ring (bicyclic) bond motifs is 2. The highest BCUT2D eigenvalue weighted by Crippen LogP contribution is 2.32. The van der Waals surface area contributed by atoms with Crippen molar-refractivity contribution in [1.82, 2.24) is 14.9 Å². The summed E-state index contributed by atoms with van der Waals surface area (Å²) in [6.45, 7) is 2.39. The van der Waals surface area contributed by atoms with Crippen LogP contribution in [0.25, 0.3) is 10.2 Å². The van der Waals surface area contributed by atoms with E-state index in [9.17, 15) is 14.4 Å². The maximum atomic E-state index is 12.4. The van der Waals surface area contributed by atoms with Gasteiger partial charge in [-0.25, -0.2) is 4.98 Å². The third-order valence-corrected chi connectivity index (χ3v) is 5.19. The van der Waals surface area contributed by atoms with Gasteiger partial charge in [-0.15, -0.1) is 11.3 Å². The number of amides is 2. The van der Waals surface area contributed by atoms with Crippen LogP contribution in [-0.2, 0) is 16.1 Å². The summed E-state index contributed by atoms with van der Waals surface area (Å²) in [5.74, 6) is 0.324. The number of hydrogen-bond donors (Lipinski definition) is 2. The average Bonchev–Trinajstić information content (AvgIpc) is 3.10. The molecular weight excluding hydrogens is 396 g/mol. The van der Waals surface area contributed by atoms with Crippen LogP contribution < -0.4 is 25.7 Å². The molecular formula is C19H18N4O5S. The van der Waals surface area contributed by atoms with Crippen LogP contribution in [0.2, 0.25) is 0 Å². The van der Waals surface area contributed by atoms with Crippen LogP contribution in [0.1, 0.15) is 4.88 Å². The molecule has 10 heteroatoms. The van der Waals surface area contributed by atoms with E-state index in [1.54, 1.807) is 24.3 Å². The van der Waals surface area contributed by atoms with Gasteiger partial charge in [0.2, 0.25) is 11.8 Å². The normalized spacial score (nSPS) is 12.6. The second-order valence-electron chi connectivity index (χ2n) is 6.44. The molecule has 2 aromatic heterocycles. The minimum Gasteiger partial charge on any atom is -0.486 e. The summed E-state index contributed by atoms with van der Waals surface area (Å²) >= 11 is 1.42. The van der Waals surface area contributed by atoms with Gasteiger partial charge in [-0.1, -0.05) is 0 Å². The smallest absolute Gasteiger partial charge is 0.262 e. The van der Waals surface area contributed by atoms with E-state index in [4.69, 9.17) is 9.47 Å². The van der Waals surface area contributed by atoms with Crippen LogP contribution in [0.5, 0.6) is 11.5 Å². The zero-order valence-corrected chi connectivity index (χ0v) is 16.4. The van der Waals surface area contributed by atoms with Gasteiger partial charge in [0, 0.05) is 16.6 Å². The second kappa shape index (κ2) is 7.92. The topological polar surface area (TPSA) is 112 Å². The van der Waals surface area contributed by atoms with E-state index in [0.29, 0.717) is 40.6 Å². The first-order valence-corrected chi connectivity index (χ1v) is 9.73. The van der Waals surface area contributed by atoms with Gasteiger partial charge in [-0.2, -0.15) is 0 Å². The molecule has 0 fully saturated rings. The quantitative estimate of drug-likeness (QED) is 0.651. The molecule has 0 bridgehead atoms. The number of nitrogens with zero attached hydrogens (tertiary/aromatic N) is 2. The summed E-state index contributed by atoms with van der Waals surface area (Å²) in [4.78, 5) is 42.5. The summed E-state index contributed by atoms with van der Waals surface area (Å²) in [6, 6.07) is 6.82. The molecule has 150 valence electrons. The fraction of sp³-hybridized carbons (Fsp3) is 0.263. The zero-order valence-electron chi connectivity index (χ0n) is 15.6. The number of ether oxygens (including phenoxy) is 2. The number of hydrogen-bond acceptors (Lipinski definition) is 7. The molecule has 1 aliphatic heterocycles. The maximum Gasteiger partial charge on any atom is 0.262 e. The van der Waals surface area contributed by atoms with Crippen LogP contribution in [0.15, 0.2) is 35.4 Å². The Morgan fingerprint density at radius 3 is 2.79 bits per heavy atom. The Morgan fingerprint density at radius 1 is 1.17 bits per heavy atom. The van der Waals surface area contributed by atoms with Crippen LogP contribution in [0.4, 0.5) is 5.69 Å². The molecule has 0 radical (unpaired) electrons. The lowest BCUT2D eigenvalue weighted by Gasteiger charge is -2.19. The number of thiophene rings is 1. The Hall–Kier alpha value is -3.40. The molecule has 9 nitrogen and oxygen atoms in total. The third-order valence-electron chi connectivity index (χ3n) is 4.23. The first-order valence-electron chi connectivity index (χ1n) is 8.91. The van der Waals surface area contributed by atoms with Gasteiger partial charge in [0.05, 0.1) is 18.3 Å². The van der Waals surface area contributed by atoms with Crippen molar-refractivity contribution in [3.63, 3.8) is 0 Å².